The topological polar surface area (TPSA) is 137 Å². The number of amides is 3. The molecule has 0 radical (unpaired) electrons. The summed E-state index contributed by atoms with van der Waals surface area (Å²) in [7, 11) is 0. The van der Waals surface area contributed by atoms with Crippen LogP contribution in [0.1, 0.15) is 61.5 Å². The molecule has 53 heavy (non-hydrogen) atoms. The molecule has 10 nitrogen and oxygen atoms in total. The first-order chi connectivity index (χ1) is 25.5. The second-order valence-corrected chi connectivity index (χ2v) is 14.9. The number of thioether (sulfide) groups is 1. The van der Waals surface area contributed by atoms with Gasteiger partial charge in [-0.05, 0) is 67.6 Å². The van der Waals surface area contributed by atoms with Crippen LogP contribution in [0.2, 0.25) is 0 Å². The van der Waals surface area contributed by atoms with Crippen LogP contribution in [0, 0.1) is 0 Å². The second kappa shape index (κ2) is 18.7. The van der Waals surface area contributed by atoms with Gasteiger partial charge >= 0.3 is 5.97 Å². The SMILES string of the molecule is C[C@H](CNC(C)(C)CC(=O)N[C@@H]1CSc2ccccc2N(Cc2ccc(-c3ccccc3C(=O)NCCCC(=O)O)cc2)C1=O)OCc1ccccc1. The number of rotatable bonds is 17. The van der Waals surface area contributed by atoms with Gasteiger partial charge in [-0.2, -0.15) is 0 Å². The maximum atomic E-state index is 14.2. The largest absolute Gasteiger partial charge is 0.481 e. The molecule has 0 unspecified atom stereocenters. The quantitative estimate of drug-likeness (QED) is 0.0911. The van der Waals surface area contributed by atoms with E-state index in [1.165, 1.54) is 0 Å². The van der Waals surface area contributed by atoms with Crippen LogP contribution in [-0.4, -0.2) is 65.3 Å². The minimum absolute atomic E-state index is 0.0132. The first-order valence-corrected chi connectivity index (χ1v) is 18.9. The van der Waals surface area contributed by atoms with Crippen molar-refractivity contribution in [3.8, 4) is 11.1 Å². The molecule has 0 aliphatic carbocycles. The van der Waals surface area contributed by atoms with Crippen molar-refractivity contribution in [2.24, 2.45) is 0 Å². The summed E-state index contributed by atoms with van der Waals surface area (Å²) in [5, 5.41) is 18.2. The van der Waals surface area contributed by atoms with Crippen molar-refractivity contribution in [3.05, 3.63) is 120 Å². The molecule has 4 N–H and O–H groups in total. The molecule has 0 saturated carbocycles. The van der Waals surface area contributed by atoms with E-state index in [2.05, 4.69) is 16.0 Å². The van der Waals surface area contributed by atoms with Gasteiger partial charge in [0.2, 0.25) is 5.91 Å². The fraction of sp³-hybridized carbons (Fsp3) is 0.333. The number of para-hydroxylation sites is 1. The van der Waals surface area contributed by atoms with E-state index >= 15 is 0 Å². The molecule has 1 aliphatic heterocycles. The third-order valence-corrected chi connectivity index (χ3v) is 10.1. The normalized spacial score (nSPS) is 14.9. The zero-order valence-electron chi connectivity index (χ0n) is 30.5. The number of fused-ring (bicyclic) bond motifs is 1. The summed E-state index contributed by atoms with van der Waals surface area (Å²) in [5.74, 6) is -1.15. The maximum absolute atomic E-state index is 14.2. The summed E-state index contributed by atoms with van der Waals surface area (Å²) >= 11 is 1.55. The van der Waals surface area contributed by atoms with Gasteiger partial charge in [-0.15, -0.1) is 11.8 Å². The molecule has 278 valence electrons. The summed E-state index contributed by atoms with van der Waals surface area (Å²) < 4.78 is 5.99. The van der Waals surface area contributed by atoms with Gasteiger partial charge in [-0.25, -0.2) is 0 Å². The smallest absolute Gasteiger partial charge is 0.303 e. The average Bonchev–Trinajstić information content (AvgIpc) is 3.27. The Morgan fingerprint density at radius 1 is 0.925 bits per heavy atom. The lowest BCUT2D eigenvalue weighted by Crippen LogP contribution is -2.52. The molecular formula is C42H48N4O6S. The van der Waals surface area contributed by atoms with Crippen molar-refractivity contribution in [1.82, 2.24) is 16.0 Å². The van der Waals surface area contributed by atoms with Crippen molar-refractivity contribution < 1.29 is 29.0 Å². The molecule has 0 saturated heterocycles. The van der Waals surface area contributed by atoms with Crippen LogP contribution in [0.4, 0.5) is 5.69 Å². The summed E-state index contributed by atoms with van der Waals surface area (Å²) in [6.45, 7) is 7.59. The molecule has 0 aromatic heterocycles. The van der Waals surface area contributed by atoms with Gasteiger partial charge in [0.25, 0.3) is 11.8 Å². The minimum Gasteiger partial charge on any atom is -0.481 e. The number of benzene rings is 4. The predicted octanol–water partition coefficient (Wildman–Crippen LogP) is 6.44. The Balaban J connectivity index is 1.22. The monoisotopic (exact) mass is 736 g/mol. The summed E-state index contributed by atoms with van der Waals surface area (Å²) in [6, 6.07) is 32.1. The van der Waals surface area contributed by atoms with Crippen LogP contribution >= 0.6 is 11.8 Å². The fourth-order valence-electron chi connectivity index (χ4n) is 6.06. The Morgan fingerprint density at radius 3 is 2.38 bits per heavy atom. The van der Waals surface area contributed by atoms with E-state index in [9.17, 15) is 19.2 Å². The molecule has 4 aromatic carbocycles. The highest BCUT2D eigenvalue weighted by Crippen LogP contribution is 2.35. The Hall–Kier alpha value is -4.97. The molecule has 1 aliphatic rings. The molecule has 0 fully saturated rings. The highest BCUT2D eigenvalue weighted by molar-refractivity contribution is 7.99. The number of aliphatic carboxylic acids is 1. The molecular weight excluding hydrogens is 689 g/mol. The molecule has 3 amide bonds. The number of hydrogen-bond donors (Lipinski definition) is 4. The van der Waals surface area contributed by atoms with Crippen molar-refractivity contribution in [2.75, 3.05) is 23.7 Å². The van der Waals surface area contributed by atoms with Crippen LogP contribution in [0.3, 0.4) is 0 Å². The van der Waals surface area contributed by atoms with Crippen LogP contribution in [0.25, 0.3) is 11.1 Å². The van der Waals surface area contributed by atoms with Gasteiger partial charge in [0.1, 0.15) is 6.04 Å². The Bertz CT molecular complexity index is 1870. The van der Waals surface area contributed by atoms with E-state index < -0.39 is 17.6 Å². The minimum atomic E-state index is -0.900. The number of ether oxygens (including phenoxy) is 1. The number of carboxylic acids is 1. The van der Waals surface area contributed by atoms with Gasteiger partial charge in [0.15, 0.2) is 0 Å². The number of carboxylic acid groups (broad SMARTS) is 1. The lowest BCUT2D eigenvalue weighted by Gasteiger charge is -2.29. The second-order valence-electron chi connectivity index (χ2n) is 13.9. The highest BCUT2D eigenvalue weighted by atomic mass is 32.2. The van der Waals surface area contributed by atoms with Gasteiger partial charge < -0.3 is 30.7 Å². The number of anilines is 1. The van der Waals surface area contributed by atoms with Crippen molar-refractivity contribution in [1.29, 1.82) is 0 Å². The van der Waals surface area contributed by atoms with Crippen LogP contribution < -0.4 is 20.9 Å². The van der Waals surface area contributed by atoms with Gasteiger partial charge in [-0.3, -0.25) is 19.2 Å². The van der Waals surface area contributed by atoms with E-state index in [4.69, 9.17) is 9.84 Å². The number of carbonyl (C=O) groups is 4. The van der Waals surface area contributed by atoms with E-state index in [0.29, 0.717) is 37.4 Å². The highest BCUT2D eigenvalue weighted by Gasteiger charge is 2.33. The molecule has 0 bridgehead atoms. The van der Waals surface area contributed by atoms with Crippen molar-refractivity contribution >= 4 is 41.1 Å². The molecule has 1 heterocycles. The third-order valence-electron chi connectivity index (χ3n) is 8.94. The standard InChI is InChI=1S/C42H48N4O6S/c1-29(52-27-31-12-5-4-6-13-31)25-44-42(2,3)24-38(47)45-35-28-53-37-17-10-9-16-36(37)46(41(35)51)26-30-19-21-32(22-20-30)33-14-7-8-15-34(33)40(50)43-23-11-18-39(48)49/h4-10,12-17,19-22,29,35,44H,11,18,23-28H2,1-3H3,(H,43,50)(H,45,47)(H,48,49)/t29-,35-/m1/s1. The number of nitrogens with one attached hydrogen (secondary N) is 3. The molecule has 0 spiro atoms. The van der Waals surface area contributed by atoms with Crippen LogP contribution in [-0.2, 0) is 32.3 Å². The van der Waals surface area contributed by atoms with Crippen LogP contribution in [0.15, 0.2) is 108 Å². The zero-order valence-corrected chi connectivity index (χ0v) is 31.3. The van der Waals surface area contributed by atoms with Gasteiger partial charge in [-0.1, -0.05) is 84.9 Å². The van der Waals surface area contributed by atoms with E-state index in [1.54, 1.807) is 28.8 Å². The number of carbonyl (C=O) groups excluding carboxylic acids is 3. The van der Waals surface area contributed by atoms with Crippen LogP contribution in [0.5, 0.6) is 0 Å². The summed E-state index contributed by atoms with van der Waals surface area (Å²) in [4.78, 5) is 54.1. The molecule has 5 rings (SSSR count). The van der Waals surface area contributed by atoms with E-state index in [0.717, 1.165) is 32.8 Å². The van der Waals surface area contributed by atoms with Gasteiger partial charge in [0.05, 0.1) is 24.9 Å². The van der Waals surface area contributed by atoms with Crippen molar-refractivity contribution in [3.63, 3.8) is 0 Å². The Labute approximate surface area is 315 Å². The van der Waals surface area contributed by atoms with Crippen molar-refractivity contribution in [2.45, 2.75) is 75.8 Å². The van der Waals surface area contributed by atoms with Gasteiger partial charge in [0, 0.05) is 47.7 Å². The summed E-state index contributed by atoms with van der Waals surface area (Å²) in [6.07, 6.45) is 0.457. The predicted molar refractivity (Wildman–Crippen MR) is 209 cm³/mol. The molecule has 4 aromatic rings. The van der Waals surface area contributed by atoms with E-state index in [1.807, 2.05) is 112 Å². The lowest BCUT2D eigenvalue weighted by atomic mass is 9.98. The third kappa shape index (κ3) is 11.5. The average molecular weight is 737 g/mol. The lowest BCUT2D eigenvalue weighted by molar-refractivity contribution is -0.137. The first kappa shape index (κ1) is 39.2. The Kier molecular flexibility index (Phi) is 13.8. The summed E-state index contributed by atoms with van der Waals surface area (Å²) in [5.41, 5.74) is 4.33. The molecule has 2 atom stereocenters. The number of nitrogens with zero attached hydrogens (tertiary/aromatic N) is 1. The maximum Gasteiger partial charge on any atom is 0.303 e. The van der Waals surface area contributed by atoms with E-state index in [-0.39, 0.29) is 43.2 Å². The zero-order chi connectivity index (χ0) is 37.8. The molecule has 11 heteroatoms. The number of hydrogen-bond acceptors (Lipinski definition) is 7. The Morgan fingerprint density at radius 2 is 1.62 bits per heavy atom. The first-order valence-electron chi connectivity index (χ1n) is 17.9. The fourth-order valence-corrected chi connectivity index (χ4v) is 7.14.